The Kier molecular flexibility index (Phi) is 4.39. The van der Waals surface area contributed by atoms with E-state index in [9.17, 15) is 4.79 Å². The Balaban J connectivity index is 1.39. The fraction of sp³-hybridized carbons (Fsp3) is 0.190. The van der Waals surface area contributed by atoms with Gasteiger partial charge in [0.2, 0.25) is 0 Å². The van der Waals surface area contributed by atoms with Gasteiger partial charge in [-0.3, -0.25) is 0 Å². The number of thiophene rings is 1. The molecule has 2 aromatic carbocycles. The normalized spacial score (nSPS) is 11.2. The molecule has 0 radical (unpaired) electrons. The highest BCUT2D eigenvalue weighted by atomic mass is 32.1. The first kappa shape index (κ1) is 16.7. The van der Waals surface area contributed by atoms with Gasteiger partial charge in [-0.1, -0.05) is 18.2 Å². The van der Waals surface area contributed by atoms with Crippen LogP contribution in [0.2, 0.25) is 0 Å². The average Bonchev–Trinajstić information content (AvgIpc) is 3.20. The summed E-state index contributed by atoms with van der Waals surface area (Å²) in [5.41, 5.74) is 4.79. The van der Waals surface area contributed by atoms with Crippen molar-refractivity contribution in [1.29, 1.82) is 0 Å². The van der Waals surface area contributed by atoms with Crippen molar-refractivity contribution in [1.82, 2.24) is 10.3 Å². The number of ether oxygens (including phenoxy) is 1. The molecule has 132 valence electrons. The Hall–Kier alpha value is -2.79. The Morgan fingerprint density at radius 3 is 2.96 bits per heavy atom. The van der Waals surface area contributed by atoms with Crippen molar-refractivity contribution in [3.8, 4) is 5.75 Å². The van der Waals surface area contributed by atoms with E-state index < -0.39 is 6.09 Å². The maximum absolute atomic E-state index is 12.1. The van der Waals surface area contributed by atoms with Gasteiger partial charge >= 0.3 is 6.09 Å². The number of hydrogen-bond donors (Lipinski definition) is 2. The molecule has 0 saturated heterocycles. The lowest BCUT2D eigenvalue weighted by Gasteiger charge is -2.07. The van der Waals surface area contributed by atoms with Crippen molar-refractivity contribution < 1.29 is 9.53 Å². The average molecular weight is 364 g/mol. The molecule has 26 heavy (non-hydrogen) atoms. The van der Waals surface area contributed by atoms with E-state index in [0.717, 1.165) is 17.5 Å². The maximum atomic E-state index is 12.1. The zero-order valence-corrected chi connectivity index (χ0v) is 15.6. The number of amides is 1. The van der Waals surface area contributed by atoms with Crippen LogP contribution in [0.4, 0.5) is 4.79 Å². The van der Waals surface area contributed by atoms with E-state index in [1.165, 1.54) is 26.7 Å². The smallest absolute Gasteiger partial charge is 0.410 e. The Morgan fingerprint density at radius 2 is 2.08 bits per heavy atom. The molecule has 1 amide bonds. The summed E-state index contributed by atoms with van der Waals surface area (Å²) in [6, 6.07) is 14.0. The monoisotopic (exact) mass is 364 g/mol. The summed E-state index contributed by atoms with van der Waals surface area (Å²) >= 11 is 1.67. The number of aromatic amines is 1. The largest absolute Gasteiger partial charge is 0.412 e. The number of aromatic nitrogens is 1. The first-order valence-electron chi connectivity index (χ1n) is 8.61. The van der Waals surface area contributed by atoms with Crippen molar-refractivity contribution in [3.63, 3.8) is 0 Å². The van der Waals surface area contributed by atoms with E-state index in [0.29, 0.717) is 12.3 Å². The minimum absolute atomic E-state index is 0.423. The van der Waals surface area contributed by atoms with E-state index in [4.69, 9.17) is 4.74 Å². The summed E-state index contributed by atoms with van der Waals surface area (Å²) in [5, 5.41) is 7.18. The van der Waals surface area contributed by atoms with Crippen LogP contribution >= 0.6 is 11.3 Å². The SMILES string of the molecule is Cc1[nH]c2c(C)cccc2c1CCNC(=O)Oc1ccc2sccc2c1. The second-order valence-corrected chi connectivity index (χ2v) is 7.36. The third-order valence-electron chi connectivity index (χ3n) is 4.64. The number of nitrogens with one attached hydrogen (secondary N) is 2. The standard InChI is InChI=1S/C21H20N2O2S/c1-13-4-3-5-18-17(14(2)23-20(13)18)8-10-22-21(24)25-16-6-7-19-15(12-16)9-11-26-19/h3-7,9,11-12,23H,8,10H2,1-2H3,(H,22,24). The van der Waals surface area contributed by atoms with Gasteiger partial charge in [-0.15, -0.1) is 11.3 Å². The van der Waals surface area contributed by atoms with Gasteiger partial charge in [0.05, 0.1) is 0 Å². The molecule has 0 bridgehead atoms. The summed E-state index contributed by atoms with van der Waals surface area (Å²) in [7, 11) is 0. The zero-order chi connectivity index (χ0) is 18.1. The number of aryl methyl sites for hydroxylation is 2. The molecule has 2 N–H and O–H groups in total. The molecule has 4 aromatic rings. The molecule has 4 nitrogen and oxygen atoms in total. The second kappa shape index (κ2) is 6.84. The number of fused-ring (bicyclic) bond motifs is 2. The van der Waals surface area contributed by atoms with Gasteiger partial charge in [0.15, 0.2) is 0 Å². The van der Waals surface area contributed by atoms with E-state index in [-0.39, 0.29) is 0 Å². The summed E-state index contributed by atoms with van der Waals surface area (Å²) in [6.45, 7) is 4.70. The third kappa shape index (κ3) is 3.18. The molecule has 0 atom stereocenters. The van der Waals surface area contributed by atoms with Gasteiger partial charge in [0, 0.05) is 27.8 Å². The van der Waals surface area contributed by atoms with Crippen LogP contribution in [0.1, 0.15) is 16.8 Å². The molecule has 0 aliphatic heterocycles. The van der Waals surface area contributed by atoms with Crippen molar-refractivity contribution >= 4 is 38.4 Å². The first-order chi connectivity index (χ1) is 12.6. The predicted octanol–water partition coefficient (Wildman–Crippen LogP) is 5.33. The minimum Gasteiger partial charge on any atom is -0.410 e. The molecule has 5 heteroatoms. The van der Waals surface area contributed by atoms with Gasteiger partial charge < -0.3 is 15.0 Å². The van der Waals surface area contributed by atoms with Crippen molar-refractivity contribution in [2.45, 2.75) is 20.3 Å². The number of benzene rings is 2. The van der Waals surface area contributed by atoms with Crippen LogP contribution < -0.4 is 10.1 Å². The minimum atomic E-state index is -0.423. The Labute approximate surface area is 155 Å². The van der Waals surface area contributed by atoms with E-state index >= 15 is 0 Å². The van der Waals surface area contributed by atoms with Crippen LogP contribution in [0.25, 0.3) is 21.0 Å². The Bertz CT molecular complexity index is 1090. The fourth-order valence-electron chi connectivity index (χ4n) is 3.31. The lowest BCUT2D eigenvalue weighted by Crippen LogP contribution is -2.28. The molecule has 2 heterocycles. The van der Waals surface area contributed by atoms with Crippen LogP contribution in [-0.2, 0) is 6.42 Å². The second-order valence-electron chi connectivity index (χ2n) is 6.41. The zero-order valence-electron chi connectivity index (χ0n) is 14.8. The van der Waals surface area contributed by atoms with Crippen LogP contribution in [0.5, 0.6) is 5.75 Å². The van der Waals surface area contributed by atoms with Crippen LogP contribution in [-0.4, -0.2) is 17.6 Å². The summed E-state index contributed by atoms with van der Waals surface area (Å²) in [4.78, 5) is 15.5. The lowest BCUT2D eigenvalue weighted by molar-refractivity contribution is 0.200. The van der Waals surface area contributed by atoms with E-state index in [2.05, 4.69) is 42.3 Å². The first-order valence-corrected chi connectivity index (χ1v) is 9.49. The Morgan fingerprint density at radius 1 is 1.19 bits per heavy atom. The van der Waals surface area contributed by atoms with Gasteiger partial charge in [0.25, 0.3) is 0 Å². The quantitative estimate of drug-likeness (QED) is 0.514. The highest BCUT2D eigenvalue weighted by molar-refractivity contribution is 7.17. The number of rotatable bonds is 4. The van der Waals surface area contributed by atoms with Crippen molar-refractivity contribution in [2.75, 3.05) is 6.54 Å². The van der Waals surface area contributed by atoms with E-state index in [1.54, 1.807) is 11.3 Å². The van der Waals surface area contributed by atoms with Gasteiger partial charge in [0.1, 0.15) is 5.75 Å². The molecule has 2 aromatic heterocycles. The molecular formula is C21H20N2O2S. The topological polar surface area (TPSA) is 54.1 Å². The molecule has 0 spiro atoms. The highest BCUT2D eigenvalue weighted by Gasteiger charge is 2.11. The number of hydrogen-bond acceptors (Lipinski definition) is 3. The number of carbonyl (C=O) groups excluding carboxylic acids is 1. The van der Waals surface area contributed by atoms with Crippen molar-refractivity contribution in [3.05, 3.63) is 64.7 Å². The molecular weight excluding hydrogens is 344 g/mol. The predicted molar refractivity (Wildman–Crippen MR) is 107 cm³/mol. The molecule has 0 fully saturated rings. The van der Waals surface area contributed by atoms with Gasteiger partial charge in [-0.05, 0) is 66.4 Å². The van der Waals surface area contributed by atoms with Crippen LogP contribution in [0, 0.1) is 13.8 Å². The summed E-state index contributed by atoms with van der Waals surface area (Å²) < 4.78 is 6.58. The molecule has 4 rings (SSSR count). The highest BCUT2D eigenvalue weighted by Crippen LogP contribution is 2.26. The van der Waals surface area contributed by atoms with Crippen LogP contribution in [0.15, 0.2) is 47.8 Å². The van der Waals surface area contributed by atoms with Crippen LogP contribution in [0.3, 0.4) is 0 Å². The molecule has 0 aliphatic rings. The maximum Gasteiger partial charge on any atom is 0.412 e. The number of para-hydroxylation sites is 1. The van der Waals surface area contributed by atoms with Gasteiger partial charge in [-0.2, -0.15) is 0 Å². The van der Waals surface area contributed by atoms with E-state index in [1.807, 2.05) is 29.6 Å². The fourth-order valence-corrected chi connectivity index (χ4v) is 4.08. The molecule has 0 aliphatic carbocycles. The number of H-pyrrole nitrogens is 1. The molecule has 0 unspecified atom stereocenters. The lowest BCUT2D eigenvalue weighted by atomic mass is 10.1. The van der Waals surface area contributed by atoms with Crippen molar-refractivity contribution in [2.24, 2.45) is 0 Å². The number of carbonyl (C=O) groups is 1. The van der Waals surface area contributed by atoms with Gasteiger partial charge in [-0.25, -0.2) is 4.79 Å². The third-order valence-corrected chi connectivity index (χ3v) is 5.54. The molecule has 0 saturated carbocycles. The summed E-state index contributed by atoms with van der Waals surface area (Å²) in [5.74, 6) is 0.562. The summed E-state index contributed by atoms with van der Waals surface area (Å²) in [6.07, 6.45) is 0.335.